The molecule has 0 aliphatic heterocycles. The van der Waals surface area contributed by atoms with Crippen LogP contribution in [0.15, 0.2) is 0 Å². The van der Waals surface area contributed by atoms with Crippen LogP contribution in [0.25, 0.3) is 0 Å². The number of aliphatic hydroxyl groups is 2. The van der Waals surface area contributed by atoms with E-state index >= 15 is 0 Å². The Hall–Kier alpha value is -0.810. The van der Waals surface area contributed by atoms with Crippen LogP contribution in [-0.2, 0) is 4.74 Å². The SMILES string of the molecule is C[C@@H](CNC(=O)OC(C)(C)C)C(O)O. The first-order valence-corrected chi connectivity index (χ1v) is 4.55. The van der Waals surface area contributed by atoms with Crippen LogP contribution in [0.1, 0.15) is 27.7 Å². The summed E-state index contributed by atoms with van der Waals surface area (Å²) in [6.45, 7) is 7.07. The molecule has 0 saturated carbocycles. The molecular formula is C9H19NO4. The fourth-order valence-electron chi connectivity index (χ4n) is 0.664. The second-order valence-corrected chi connectivity index (χ2v) is 4.27. The normalized spacial score (nSPS) is 13.9. The Balaban J connectivity index is 3.75. The Morgan fingerprint density at radius 2 is 1.93 bits per heavy atom. The molecule has 0 aliphatic carbocycles. The molecule has 0 saturated heterocycles. The number of amides is 1. The summed E-state index contributed by atoms with van der Waals surface area (Å²) in [5, 5.41) is 19.9. The van der Waals surface area contributed by atoms with Gasteiger partial charge in [-0.05, 0) is 20.8 Å². The molecule has 0 aromatic rings. The van der Waals surface area contributed by atoms with Gasteiger partial charge in [0.05, 0.1) is 0 Å². The van der Waals surface area contributed by atoms with Gasteiger partial charge in [-0.2, -0.15) is 0 Å². The van der Waals surface area contributed by atoms with Crippen LogP contribution in [0.2, 0.25) is 0 Å². The molecule has 5 nitrogen and oxygen atoms in total. The van der Waals surface area contributed by atoms with E-state index in [9.17, 15) is 4.79 Å². The average Bonchev–Trinajstić information content (AvgIpc) is 1.96. The Labute approximate surface area is 84.1 Å². The second-order valence-electron chi connectivity index (χ2n) is 4.27. The summed E-state index contributed by atoms with van der Waals surface area (Å²) in [6, 6.07) is 0. The summed E-state index contributed by atoms with van der Waals surface area (Å²) in [5.74, 6) is -0.414. The monoisotopic (exact) mass is 205 g/mol. The minimum atomic E-state index is -1.43. The molecule has 0 spiro atoms. The molecule has 0 fully saturated rings. The van der Waals surface area contributed by atoms with E-state index in [-0.39, 0.29) is 6.54 Å². The molecule has 84 valence electrons. The lowest BCUT2D eigenvalue weighted by Gasteiger charge is -2.21. The van der Waals surface area contributed by atoms with Crippen LogP contribution in [-0.4, -0.2) is 34.7 Å². The van der Waals surface area contributed by atoms with E-state index in [0.29, 0.717) is 0 Å². The van der Waals surface area contributed by atoms with Gasteiger partial charge in [0.15, 0.2) is 6.29 Å². The highest BCUT2D eigenvalue weighted by Crippen LogP contribution is 2.06. The standard InChI is InChI=1S/C9H19NO4/c1-6(7(11)12)5-10-8(13)14-9(2,3)4/h6-7,11-12H,5H2,1-4H3,(H,10,13)/t6-/m0/s1. The molecule has 5 heteroatoms. The van der Waals surface area contributed by atoms with Crippen molar-refractivity contribution in [3.05, 3.63) is 0 Å². The van der Waals surface area contributed by atoms with Crippen molar-refractivity contribution in [3.8, 4) is 0 Å². The van der Waals surface area contributed by atoms with Crippen LogP contribution >= 0.6 is 0 Å². The fourth-order valence-corrected chi connectivity index (χ4v) is 0.664. The number of ether oxygens (including phenoxy) is 1. The number of carbonyl (C=O) groups excluding carboxylic acids is 1. The molecule has 0 bridgehead atoms. The van der Waals surface area contributed by atoms with Gasteiger partial charge in [0, 0.05) is 12.5 Å². The fraction of sp³-hybridized carbons (Fsp3) is 0.889. The van der Waals surface area contributed by atoms with Gasteiger partial charge in [-0.1, -0.05) is 6.92 Å². The summed E-state index contributed by atoms with van der Waals surface area (Å²) in [6.07, 6.45) is -1.98. The van der Waals surface area contributed by atoms with Gasteiger partial charge < -0.3 is 20.3 Å². The van der Waals surface area contributed by atoms with E-state index in [4.69, 9.17) is 14.9 Å². The number of rotatable bonds is 3. The number of carbonyl (C=O) groups is 1. The maximum absolute atomic E-state index is 11.1. The van der Waals surface area contributed by atoms with Crippen LogP contribution in [0.3, 0.4) is 0 Å². The Morgan fingerprint density at radius 3 is 2.29 bits per heavy atom. The third kappa shape index (κ3) is 6.68. The van der Waals surface area contributed by atoms with Crippen molar-refractivity contribution in [1.82, 2.24) is 5.32 Å². The number of hydrogen-bond donors (Lipinski definition) is 3. The molecule has 1 amide bonds. The molecule has 0 unspecified atom stereocenters. The zero-order chi connectivity index (χ0) is 11.4. The molecular weight excluding hydrogens is 186 g/mol. The number of nitrogens with one attached hydrogen (secondary N) is 1. The molecule has 0 aliphatic rings. The first-order valence-electron chi connectivity index (χ1n) is 4.55. The predicted molar refractivity (Wildman–Crippen MR) is 51.6 cm³/mol. The molecule has 1 atom stereocenters. The van der Waals surface area contributed by atoms with Gasteiger partial charge in [-0.25, -0.2) is 4.79 Å². The van der Waals surface area contributed by atoms with Gasteiger partial charge in [-0.3, -0.25) is 0 Å². The average molecular weight is 205 g/mol. The summed E-state index contributed by atoms with van der Waals surface area (Å²) in [5.41, 5.74) is -0.537. The third-order valence-electron chi connectivity index (χ3n) is 1.48. The summed E-state index contributed by atoms with van der Waals surface area (Å²) in [7, 11) is 0. The van der Waals surface area contributed by atoms with Crippen molar-refractivity contribution < 1.29 is 19.7 Å². The molecule has 0 heterocycles. The summed E-state index contributed by atoms with van der Waals surface area (Å²) < 4.78 is 4.95. The van der Waals surface area contributed by atoms with E-state index in [1.807, 2.05) is 0 Å². The van der Waals surface area contributed by atoms with Gasteiger partial charge in [0.1, 0.15) is 5.60 Å². The molecule has 0 radical (unpaired) electrons. The van der Waals surface area contributed by atoms with E-state index in [1.165, 1.54) is 0 Å². The van der Waals surface area contributed by atoms with Crippen molar-refractivity contribution in [2.24, 2.45) is 5.92 Å². The highest BCUT2D eigenvalue weighted by Gasteiger charge is 2.17. The highest BCUT2D eigenvalue weighted by molar-refractivity contribution is 5.67. The minimum absolute atomic E-state index is 0.173. The van der Waals surface area contributed by atoms with Crippen LogP contribution in [0, 0.1) is 5.92 Å². The number of alkyl carbamates (subject to hydrolysis) is 1. The molecule has 3 N–H and O–H groups in total. The van der Waals surface area contributed by atoms with Crippen molar-refractivity contribution in [1.29, 1.82) is 0 Å². The lowest BCUT2D eigenvalue weighted by atomic mass is 10.2. The highest BCUT2D eigenvalue weighted by atomic mass is 16.6. The van der Waals surface area contributed by atoms with E-state index in [2.05, 4.69) is 5.32 Å². The summed E-state index contributed by atoms with van der Waals surface area (Å²) >= 11 is 0. The number of hydrogen-bond acceptors (Lipinski definition) is 4. The lowest BCUT2D eigenvalue weighted by Crippen LogP contribution is -2.37. The number of aliphatic hydroxyl groups excluding tert-OH is 1. The second kappa shape index (κ2) is 5.17. The quantitative estimate of drug-likeness (QED) is 0.585. The van der Waals surface area contributed by atoms with E-state index < -0.39 is 23.9 Å². The van der Waals surface area contributed by atoms with E-state index in [0.717, 1.165) is 0 Å². The molecule has 0 rings (SSSR count). The first kappa shape index (κ1) is 13.2. The third-order valence-corrected chi connectivity index (χ3v) is 1.48. The smallest absolute Gasteiger partial charge is 0.407 e. The maximum atomic E-state index is 11.1. The largest absolute Gasteiger partial charge is 0.444 e. The minimum Gasteiger partial charge on any atom is -0.444 e. The van der Waals surface area contributed by atoms with Crippen LogP contribution < -0.4 is 5.32 Å². The maximum Gasteiger partial charge on any atom is 0.407 e. The predicted octanol–water partition coefficient (Wildman–Crippen LogP) is 0.458. The van der Waals surface area contributed by atoms with Gasteiger partial charge in [0.2, 0.25) is 0 Å². The van der Waals surface area contributed by atoms with Crippen LogP contribution in [0.5, 0.6) is 0 Å². The lowest BCUT2D eigenvalue weighted by molar-refractivity contribution is -0.0774. The molecule has 14 heavy (non-hydrogen) atoms. The Kier molecular flexibility index (Phi) is 4.87. The van der Waals surface area contributed by atoms with E-state index in [1.54, 1.807) is 27.7 Å². The van der Waals surface area contributed by atoms with Crippen molar-refractivity contribution in [3.63, 3.8) is 0 Å². The first-order chi connectivity index (χ1) is 6.22. The van der Waals surface area contributed by atoms with Crippen molar-refractivity contribution in [2.75, 3.05) is 6.54 Å². The molecule has 0 aromatic carbocycles. The van der Waals surface area contributed by atoms with Crippen molar-refractivity contribution in [2.45, 2.75) is 39.6 Å². The topological polar surface area (TPSA) is 78.8 Å². The Bertz CT molecular complexity index is 186. The Morgan fingerprint density at radius 1 is 1.43 bits per heavy atom. The van der Waals surface area contributed by atoms with Gasteiger partial charge >= 0.3 is 6.09 Å². The zero-order valence-electron chi connectivity index (χ0n) is 9.07. The molecule has 0 aromatic heterocycles. The zero-order valence-corrected chi connectivity index (χ0v) is 9.07. The van der Waals surface area contributed by atoms with Crippen LogP contribution in [0.4, 0.5) is 4.79 Å². The summed E-state index contributed by atoms with van der Waals surface area (Å²) in [4.78, 5) is 11.1. The van der Waals surface area contributed by atoms with Gasteiger partial charge in [-0.15, -0.1) is 0 Å². The van der Waals surface area contributed by atoms with Gasteiger partial charge in [0.25, 0.3) is 0 Å². The van der Waals surface area contributed by atoms with Crippen molar-refractivity contribution >= 4 is 6.09 Å².